The maximum atomic E-state index is 12.1. The highest BCUT2D eigenvalue weighted by Crippen LogP contribution is 2.20. The molecule has 0 unspecified atom stereocenters. The Morgan fingerprint density at radius 2 is 1.89 bits per heavy atom. The molecule has 27 heavy (non-hydrogen) atoms. The van der Waals surface area contributed by atoms with Crippen LogP contribution in [0.4, 0.5) is 0 Å². The molecule has 146 valence electrons. The average Bonchev–Trinajstić information content (AvgIpc) is 2.85. The van der Waals surface area contributed by atoms with Crippen LogP contribution in [-0.2, 0) is 17.8 Å². The van der Waals surface area contributed by atoms with Crippen LogP contribution in [0, 0.1) is 19.8 Å². The van der Waals surface area contributed by atoms with Gasteiger partial charge in [-0.1, -0.05) is 37.0 Å². The van der Waals surface area contributed by atoms with Gasteiger partial charge >= 0.3 is 0 Å². The van der Waals surface area contributed by atoms with Crippen molar-refractivity contribution in [2.24, 2.45) is 5.92 Å². The molecule has 0 aliphatic heterocycles. The molecule has 0 spiro atoms. The van der Waals surface area contributed by atoms with Crippen molar-refractivity contribution in [3.05, 3.63) is 50.8 Å². The normalized spacial score (nSPS) is 10.9. The van der Waals surface area contributed by atoms with Crippen molar-refractivity contribution in [3.8, 4) is 0 Å². The summed E-state index contributed by atoms with van der Waals surface area (Å²) in [6, 6.07) is 4.56. The fourth-order valence-corrected chi connectivity index (χ4v) is 3.16. The zero-order valence-corrected chi connectivity index (χ0v) is 17.4. The van der Waals surface area contributed by atoms with Gasteiger partial charge in [0.2, 0.25) is 5.91 Å². The fraction of sp³-hybridized carbons (Fsp3) is 0.421. The highest BCUT2D eigenvalue weighted by atomic mass is 35.5. The van der Waals surface area contributed by atoms with Crippen LogP contribution < -0.4 is 10.9 Å². The summed E-state index contributed by atoms with van der Waals surface area (Å²) in [5.41, 5.74) is 8.03. The monoisotopic (exact) mass is 410 g/mol. The molecule has 8 heteroatoms. The van der Waals surface area contributed by atoms with Gasteiger partial charge in [0.15, 0.2) is 0 Å². The van der Waals surface area contributed by atoms with Gasteiger partial charge in [-0.15, -0.1) is 0 Å². The van der Waals surface area contributed by atoms with E-state index in [4.69, 9.17) is 23.2 Å². The van der Waals surface area contributed by atoms with Crippen LogP contribution in [-0.4, -0.2) is 21.6 Å². The molecule has 0 aliphatic rings. The topological polar surface area (TPSA) is 76.0 Å². The molecule has 0 saturated heterocycles. The predicted octanol–water partition coefficient (Wildman–Crippen LogP) is 3.86. The van der Waals surface area contributed by atoms with Crippen LogP contribution in [0.3, 0.4) is 0 Å². The Morgan fingerprint density at radius 3 is 2.56 bits per heavy atom. The van der Waals surface area contributed by atoms with Gasteiger partial charge < -0.3 is 0 Å². The second-order valence-corrected chi connectivity index (χ2v) is 7.70. The summed E-state index contributed by atoms with van der Waals surface area (Å²) in [6.07, 6.45) is 0.786. The quantitative estimate of drug-likeness (QED) is 0.709. The van der Waals surface area contributed by atoms with Crippen molar-refractivity contribution in [2.45, 2.75) is 47.1 Å². The number of benzene rings is 1. The third-order valence-corrected chi connectivity index (χ3v) is 4.72. The van der Waals surface area contributed by atoms with Crippen LogP contribution in [0.15, 0.2) is 18.2 Å². The lowest BCUT2D eigenvalue weighted by molar-refractivity contribution is -0.121. The standard InChI is InChI=1S/C19H24Cl2N4O2/c1-11(2)10-25-13(4)15(12(3)24-25)6-8-18(26)22-23-19(27)16-9-14(20)5-7-17(16)21/h5,7,9,11H,6,8,10H2,1-4H3,(H,22,26)(H,23,27). The Morgan fingerprint density at radius 1 is 1.19 bits per heavy atom. The van der Waals surface area contributed by atoms with E-state index in [1.54, 1.807) is 6.07 Å². The second-order valence-electron chi connectivity index (χ2n) is 6.85. The summed E-state index contributed by atoms with van der Waals surface area (Å²) in [5.74, 6) is -0.322. The third-order valence-electron chi connectivity index (χ3n) is 4.16. The lowest BCUT2D eigenvalue weighted by Crippen LogP contribution is -2.41. The number of hydrogen-bond donors (Lipinski definition) is 2. The van der Waals surface area contributed by atoms with Crippen molar-refractivity contribution in [1.82, 2.24) is 20.6 Å². The molecule has 2 rings (SSSR count). The largest absolute Gasteiger partial charge is 0.273 e. The van der Waals surface area contributed by atoms with Crippen LogP contribution in [0.1, 0.15) is 47.6 Å². The predicted molar refractivity (Wildman–Crippen MR) is 107 cm³/mol. The highest BCUT2D eigenvalue weighted by molar-refractivity contribution is 6.35. The molecule has 6 nitrogen and oxygen atoms in total. The number of hydrogen-bond acceptors (Lipinski definition) is 3. The van der Waals surface area contributed by atoms with Crippen molar-refractivity contribution < 1.29 is 9.59 Å². The van der Waals surface area contributed by atoms with E-state index in [0.29, 0.717) is 17.4 Å². The van der Waals surface area contributed by atoms with E-state index in [9.17, 15) is 9.59 Å². The Kier molecular flexibility index (Phi) is 7.27. The number of nitrogens with one attached hydrogen (secondary N) is 2. The number of amides is 2. The second kappa shape index (κ2) is 9.24. The molecule has 0 radical (unpaired) electrons. The first-order chi connectivity index (χ1) is 12.7. The van der Waals surface area contributed by atoms with Gasteiger partial charge in [0.25, 0.3) is 5.91 Å². The first kappa shape index (κ1) is 21.3. The zero-order chi connectivity index (χ0) is 20.1. The average molecular weight is 411 g/mol. The molecule has 0 saturated carbocycles. The first-order valence-electron chi connectivity index (χ1n) is 8.76. The number of hydrazine groups is 1. The van der Waals surface area contributed by atoms with Gasteiger partial charge in [0.05, 0.1) is 16.3 Å². The fourth-order valence-electron chi connectivity index (χ4n) is 2.79. The van der Waals surface area contributed by atoms with Gasteiger partial charge in [0.1, 0.15) is 0 Å². The smallest absolute Gasteiger partial charge is 0.271 e. The maximum Gasteiger partial charge on any atom is 0.271 e. The van der Waals surface area contributed by atoms with Gasteiger partial charge in [-0.2, -0.15) is 5.10 Å². The molecule has 1 aromatic heterocycles. The third kappa shape index (κ3) is 5.71. The number of carbonyl (C=O) groups excluding carboxylic acids is 2. The zero-order valence-electron chi connectivity index (χ0n) is 15.9. The maximum absolute atomic E-state index is 12.1. The molecular formula is C19H24Cl2N4O2. The summed E-state index contributed by atoms with van der Waals surface area (Å²) >= 11 is 11.8. The van der Waals surface area contributed by atoms with Gasteiger partial charge in [-0.05, 0) is 49.9 Å². The molecule has 2 N–H and O–H groups in total. The van der Waals surface area contributed by atoms with E-state index in [0.717, 1.165) is 23.5 Å². The van der Waals surface area contributed by atoms with E-state index in [2.05, 4.69) is 29.8 Å². The summed E-state index contributed by atoms with van der Waals surface area (Å²) < 4.78 is 1.98. The first-order valence-corrected chi connectivity index (χ1v) is 9.51. The van der Waals surface area contributed by atoms with Crippen molar-refractivity contribution >= 4 is 35.0 Å². The lowest BCUT2D eigenvalue weighted by atomic mass is 10.1. The number of carbonyl (C=O) groups is 2. The number of nitrogens with zero attached hydrogens (tertiary/aromatic N) is 2. The molecule has 1 heterocycles. The molecule has 1 aromatic carbocycles. The van der Waals surface area contributed by atoms with Crippen molar-refractivity contribution in [1.29, 1.82) is 0 Å². The van der Waals surface area contributed by atoms with Crippen LogP contribution >= 0.6 is 23.2 Å². The Labute approximate surface area is 169 Å². The Bertz CT molecular complexity index is 846. The molecular weight excluding hydrogens is 387 g/mol. The SMILES string of the molecule is Cc1nn(CC(C)C)c(C)c1CCC(=O)NNC(=O)c1cc(Cl)ccc1Cl. The highest BCUT2D eigenvalue weighted by Gasteiger charge is 2.15. The Balaban J connectivity index is 1.91. The summed E-state index contributed by atoms with van der Waals surface area (Å²) in [7, 11) is 0. The molecule has 2 amide bonds. The number of halogens is 2. The van der Waals surface area contributed by atoms with E-state index in [1.807, 2.05) is 18.5 Å². The lowest BCUT2D eigenvalue weighted by Gasteiger charge is -2.10. The molecule has 0 fully saturated rings. The van der Waals surface area contributed by atoms with Crippen LogP contribution in [0.25, 0.3) is 0 Å². The minimum absolute atomic E-state index is 0.200. The molecule has 2 aromatic rings. The molecule has 0 bridgehead atoms. The number of aryl methyl sites for hydroxylation is 1. The van der Waals surface area contributed by atoms with E-state index in [1.165, 1.54) is 12.1 Å². The number of rotatable bonds is 6. The summed E-state index contributed by atoms with van der Waals surface area (Å²) in [4.78, 5) is 24.2. The van der Waals surface area contributed by atoms with Crippen molar-refractivity contribution in [2.75, 3.05) is 0 Å². The van der Waals surface area contributed by atoms with Crippen LogP contribution in [0.2, 0.25) is 10.0 Å². The van der Waals surface area contributed by atoms with Crippen LogP contribution in [0.5, 0.6) is 0 Å². The van der Waals surface area contributed by atoms with E-state index < -0.39 is 5.91 Å². The van der Waals surface area contributed by atoms with Crippen molar-refractivity contribution in [3.63, 3.8) is 0 Å². The Hall–Kier alpha value is -2.05. The van der Waals surface area contributed by atoms with E-state index >= 15 is 0 Å². The molecule has 0 atom stereocenters. The van der Waals surface area contributed by atoms with Gasteiger partial charge in [0, 0.05) is 23.7 Å². The van der Waals surface area contributed by atoms with Gasteiger partial charge in [-0.25, -0.2) is 0 Å². The minimum atomic E-state index is -0.520. The minimum Gasteiger partial charge on any atom is -0.273 e. The number of aromatic nitrogens is 2. The van der Waals surface area contributed by atoms with E-state index in [-0.39, 0.29) is 22.9 Å². The summed E-state index contributed by atoms with van der Waals surface area (Å²) in [6.45, 7) is 9.07. The summed E-state index contributed by atoms with van der Waals surface area (Å²) in [5, 5.41) is 5.20. The van der Waals surface area contributed by atoms with Gasteiger partial charge in [-0.3, -0.25) is 25.1 Å². The molecule has 0 aliphatic carbocycles.